The first-order chi connectivity index (χ1) is 8.93. The Bertz CT molecular complexity index is 683. The van der Waals surface area contributed by atoms with Gasteiger partial charge in [-0.1, -0.05) is 13.8 Å². The molecular formula is C12H14N2O5. The summed E-state index contributed by atoms with van der Waals surface area (Å²) in [6, 6.07) is 1.45. The molecule has 0 aliphatic carbocycles. The number of hydrogen-bond donors (Lipinski definition) is 1. The predicted octanol–water partition coefficient (Wildman–Crippen LogP) is 1.21. The van der Waals surface area contributed by atoms with Crippen LogP contribution in [0.3, 0.4) is 0 Å². The number of methoxy groups -OCH3 is 1. The number of rotatable bonds is 4. The van der Waals surface area contributed by atoms with Crippen molar-refractivity contribution in [1.29, 1.82) is 0 Å². The number of carboxylic acids is 1. The molecule has 0 fully saturated rings. The molecule has 0 aliphatic heterocycles. The number of hydrogen-bond acceptors (Lipinski definition) is 5. The van der Waals surface area contributed by atoms with Crippen LogP contribution in [-0.4, -0.2) is 28.0 Å². The van der Waals surface area contributed by atoms with Crippen LogP contribution in [-0.2, 0) is 11.3 Å². The Labute approximate surface area is 108 Å². The second kappa shape index (κ2) is 4.75. The molecule has 0 radical (unpaired) electrons. The maximum absolute atomic E-state index is 12.1. The minimum Gasteiger partial charge on any atom is -0.480 e. The van der Waals surface area contributed by atoms with Crippen LogP contribution in [0.1, 0.15) is 25.5 Å². The average Bonchev–Trinajstić information content (AvgIpc) is 2.76. The molecule has 102 valence electrons. The van der Waals surface area contributed by atoms with Gasteiger partial charge in [-0.05, 0) is 0 Å². The van der Waals surface area contributed by atoms with Crippen LogP contribution >= 0.6 is 0 Å². The third kappa shape index (κ3) is 2.31. The topological polar surface area (TPSA) is 94.6 Å². The second-order valence-corrected chi connectivity index (χ2v) is 4.41. The molecule has 2 heterocycles. The van der Waals surface area contributed by atoms with Gasteiger partial charge in [0, 0.05) is 12.0 Å². The summed E-state index contributed by atoms with van der Waals surface area (Å²) in [5, 5.41) is 13.1. The predicted molar refractivity (Wildman–Crippen MR) is 66.5 cm³/mol. The second-order valence-electron chi connectivity index (χ2n) is 4.41. The fourth-order valence-corrected chi connectivity index (χ4v) is 1.79. The number of carboxylic acid groups (broad SMARTS) is 1. The van der Waals surface area contributed by atoms with Crippen molar-refractivity contribution in [3.8, 4) is 5.95 Å². The molecule has 2 aromatic heterocycles. The van der Waals surface area contributed by atoms with Gasteiger partial charge in [0.2, 0.25) is 0 Å². The van der Waals surface area contributed by atoms with Crippen molar-refractivity contribution in [1.82, 2.24) is 9.78 Å². The Balaban J connectivity index is 2.76. The number of ether oxygens (including phenoxy) is 1. The standard InChI is InChI=1S/C12H14N2O5/c1-6(2)10-11-7(4-9(18-3)19-11)12(17)14(13-10)5-8(15)16/h4,6H,5H2,1-3H3,(H,15,16). The van der Waals surface area contributed by atoms with E-state index >= 15 is 0 Å². The molecule has 19 heavy (non-hydrogen) atoms. The zero-order valence-electron chi connectivity index (χ0n) is 10.8. The van der Waals surface area contributed by atoms with E-state index in [4.69, 9.17) is 14.3 Å². The Kier molecular flexibility index (Phi) is 3.28. The van der Waals surface area contributed by atoms with Crippen LogP contribution < -0.4 is 10.3 Å². The van der Waals surface area contributed by atoms with Gasteiger partial charge in [0.25, 0.3) is 11.5 Å². The molecule has 0 spiro atoms. The molecule has 0 amide bonds. The molecule has 0 aromatic carbocycles. The van der Waals surface area contributed by atoms with Crippen molar-refractivity contribution in [2.75, 3.05) is 7.11 Å². The van der Waals surface area contributed by atoms with Gasteiger partial charge < -0.3 is 14.3 Å². The van der Waals surface area contributed by atoms with Crippen LogP contribution in [0.15, 0.2) is 15.3 Å². The van der Waals surface area contributed by atoms with Crippen molar-refractivity contribution in [3.05, 3.63) is 22.1 Å². The Morgan fingerprint density at radius 3 is 2.79 bits per heavy atom. The largest absolute Gasteiger partial charge is 0.480 e. The lowest BCUT2D eigenvalue weighted by atomic mass is 10.1. The van der Waals surface area contributed by atoms with E-state index in [2.05, 4.69) is 5.10 Å². The summed E-state index contributed by atoms with van der Waals surface area (Å²) in [5.41, 5.74) is 0.367. The molecule has 1 N–H and O–H groups in total. The van der Waals surface area contributed by atoms with Crippen LogP contribution in [0.4, 0.5) is 0 Å². The van der Waals surface area contributed by atoms with E-state index in [0.29, 0.717) is 11.3 Å². The van der Waals surface area contributed by atoms with Crippen molar-refractivity contribution in [3.63, 3.8) is 0 Å². The van der Waals surface area contributed by atoms with E-state index in [9.17, 15) is 9.59 Å². The lowest BCUT2D eigenvalue weighted by Crippen LogP contribution is -2.27. The van der Waals surface area contributed by atoms with Gasteiger partial charge in [0.05, 0.1) is 12.5 Å². The summed E-state index contributed by atoms with van der Waals surface area (Å²) >= 11 is 0. The highest BCUT2D eigenvalue weighted by atomic mass is 16.6. The first-order valence-corrected chi connectivity index (χ1v) is 5.74. The van der Waals surface area contributed by atoms with E-state index in [-0.39, 0.29) is 17.3 Å². The summed E-state index contributed by atoms with van der Waals surface area (Å²) in [6.45, 7) is 3.28. The molecule has 0 atom stereocenters. The molecule has 2 rings (SSSR count). The zero-order chi connectivity index (χ0) is 14.2. The number of aliphatic carboxylic acids is 1. The zero-order valence-corrected chi connectivity index (χ0v) is 10.8. The van der Waals surface area contributed by atoms with Gasteiger partial charge in [-0.25, -0.2) is 4.68 Å². The first kappa shape index (κ1) is 13.1. The van der Waals surface area contributed by atoms with E-state index in [0.717, 1.165) is 4.68 Å². The number of furan rings is 1. The molecular weight excluding hydrogens is 252 g/mol. The van der Waals surface area contributed by atoms with E-state index < -0.39 is 18.1 Å². The van der Waals surface area contributed by atoms with Gasteiger partial charge >= 0.3 is 5.97 Å². The maximum atomic E-state index is 12.1. The Morgan fingerprint density at radius 2 is 2.26 bits per heavy atom. The Morgan fingerprint density at radius 1 is 1.58 bits per heavy atom. The van der Waals surface area contributed by atoms with Crippen molar-refractivity contribution in [2.45, 2.75) is 26.3 Å². The molecule has 0 saturated carbocycles. The maximum Gasteiger partial charge on any atom is 0.325 e. The minimum absolute atomic E-state index is 0.0148. The summed E-state index contributed by atoms with van der Waals surface area (Å²) in [4.78, 5) is 22.8. The summed E-state index contributed by atoms with van der Waals surface area (Å²) < 4.78 is 11.3. The number of nitrogens with zero attached hydrogens (tertiary/aromatic N) is 2. The van der Waals surface area contributed by atoms with Crippen LogP contribution in [0.2, 0.25) is 0 Å². The fraction of sp³-hybridized carbons (Fsp3) is 0.417. The number of aromatic nitrogens is 2. The molecule has 0 bridgehead atoms. The first-order valence-electron chi connectivity index (χ1n) is 5.74. The van der Waals surface area contributed by atoms with Crippen LogP contribution in [0, 0.1) is 0 Å². The molecule has 0 saturated heterocycles. The Hall–Kier alpha value is -2.31. The fourth-order valence-electron chi connectivity index (χ4n) is 1.79. The third-order valence-corrected chi connectivity index (χ3v) is 2.67. The SMILES string of the molecule is COc1cc2c(=O)n(CC(=O)O)nc(C(C)C)c2o1. The molecule has 2 aromatic rings. The summed E-state index contributed by atoms with van der Waals surface area (Å²) in [5.74, 6) is -0.943. The van der Waals surface area contributed by atoms with Crippen molar-refractivity contribution in [2.24, 2.45) is 0 Å². The van der Waals surface area contributed by atoms with Gasteiger partial charge in [-0.2, -0.15) is 5.10 Å². The van der Waals surface area contributed by atoms with Crippen LogP contribution in [0.5, 0.6) is 5.95 Å². The summed E-state index contributed by atoms with van der Waals surface area (Å²) in [7, 11) is 1.43. The normalized spacial score (nSPS) is 11.2. The van der Waals surface area contributed by atoms with E-state index in [1.807, 2.05) is 13.8 Å². The van der Waals surface area contributed by atoms with Gasteiger partial charge in [0.15, 0.2) is 5.58 Å². The lowest BCUT2D eigenvalue weighted by molar-refractivity contribution is -0.138. The smallest absolute Gasteiger partial charge is 0.325 e. The highest BCUT2D eigenvalue weighted by Gasteiger charge is 2.19. The monoisotopic (exact) mass is 266 g/mol. The van der Waals surface area contributed by atoms with Crippen molar-refractivity contribution < 1.29 is 19.1 Å². The number of carbonyl (C=O) groups is 1. The molecule has 7 heteroatoms. The van der Waals surface area contributed by atoms with Crippen molar-refractivity contribution >= 4 is 16.9 Å². The molecule has 7 nitrogen and oxygen atoms in total. The van der Waals surface area contributed by atoms with E-state index in [1.54, 1.807) is 0 Å². The lowest BCUT2D eigenvalue weighted by Gasteiger charge is -2.08. The third-order valence-electron chi connectivity index (χ3n) is 2.67. The number of fused-ring (bicyclic) bond motifs is 1. The molecule has 0 unspecified atom stereocenters. The highest BCUT2D eigenvalue weighted by Crippen LogP contribution is 2.27. The van der Waals surface area contributed by atoms with Gasteiger partial charge in [-0.15, -0.1) is 0 Å². The van der Waals surface area contributed by atoms with Crippen LogP contribution in [0.25, 0.3) is 11.0 Å². The minimum atomic E-state index is -1.13. The highest BCUT2D eigenvalue weighted by molar-refractivity contribution is 5.80. The quantitative estimate of drug-likeness (QED) is 0.893. The van der Waals surface area contributed by atoms with E-state index in [1.165, 1.54) is 13.2 Å². The average molecular weight is 266 g/mol. The molecule has 0 aliphatic rings. The summed E-state index contributed by atoms with van der Waals surface area (Å²) in [6.07, 6.45) is 0. The van der Waals surface area contributed by atoms with Gasteiger partial charge in [-0.3, -0.25) is 9.59 Å². The van der Waals surface area contributed by atoms with Gasteiger partial charge in [0.1, 0.15) is 12.2 Å².